The van der Waals surface area contributed by atoms with Crippen LogP contribution in [-0.4, -0.2) is 40.9 Å². The maximum atomic E-state index is 12.5. The summed E-state index contributed by atoms with van der Waals surface area (Å²) in [4.78, 5) is 18.0. The molecule has 1 aliphatic heterocycles. The van der Waals surface area contributed by atoms with Crippen LogP contribution in [0.2, 0.25) is 0 Å². The Labute approximate surface area is 133 Å². The van der Waals surface area contributed by atoms with Gasteiger partial charge in [-0.05, 0) is 30.7 Å². The van der Waals surface area contributed by atoms with Crippen molar-refractivity contribution in [3.63, 3.8) is 0 Å². The first-order valence-electron chi connectivity index (χ1n) is 6.61. The van der Waals surface area contributed by atoms with E-state index in [0.29, 0.717) is 17.0 Å². The average Bonchev–Trinajstić information content (AvgIpc) is 2.51. The summed E-state index contributed by atoms with van der Waals surface area (Å²) in [5.41, 5.74) is 1.91. The maximum absolute atomic E-state index is 12.5. The number of rotatable bonds is 2. The zero-order valence-corrected chi connectivity index (χ0v) is 13.5. The fourth-order valence-corrected chi connectivity index (χ4v) is 2.45. The number of phenols is 1. The van der Waals surface area contributed by atoms with Crippen LogP contribution in [0, 0.1) is 0 Å². The molecule has 0 saturated heterocycles. The summed E-state index contributed by atoms with van der Waals surface area (Å²) in [6.45, 7) is 5.82. The Morgan fingerprint density at radius 2 is 1.95 bits per heavy atom. The van der Waals surface area contributed by atoms with Crippen molar-refractivity contribution in [3.8, 4) is 5.75 Å². The number of aromatic hydroxyl groups is 1. The van der Waals surface area contributed by atoms with Crippen molar-refractivity contribution in [2.75, 3.05) is 14.1 Å². The second-order valence-corrected chi connectivity index (χ2v) is 5.70. The van der Waals surface area contributed by atoms with Crippen LogP contribution in [0.25, 0.3) is 5.57 Å². The molecule has 0 bridgehead atoms. The van der Waals surface area contributed by atoms with Gasteiger partial charge in [0, 0.05) is 37.2 Å². The van der Waals surface area contributed by atoms with E-state index in [-0.39, 0.29) is 11.7 Å². The smallest absolute Gasteiger partial charge is 0.259 e. The van der Waals surface area contributed by atoms with Crippen molar-refractivity contribution in [2.45, 2.75) is 6.92 Å². The highest BCUT2D eigenvalue weighted by atomic mass is 32.2. The van der Waals surface area contributed by atoms with Crippen molar-refractivity contribution in [3.05, 3.63) is 48.1 Å². The summed E-state index contributed by atoms with van der Waals surface area (Å²) in [5, 5.41) is 10.1. The molecule has 1 aromatic carbocycles. The van der Waals surface area contributed by atoms with Gasteiger partial charge >= 0.3 is 0 Å². The molecular weight excluding hydrogens is 298 g/mol. The van der Waals surface area contributed by atoms with Crippen LogP contribution in [0.3, 0.4) is 0 Å². The molecule has 114 valence electrons. The molecule has 5 nitrogen and oxygen atoms in total. The lowest BCUT2D eigenvalue weighted by atomic mass is 9.98. The summed E-state index contributed by atoms with van der Waals surface area (Å²) in [6.07, 6.45) is 1.71. The number of aliphatic imine (C=N–C) groups is 1. The van der Waals surface area contributed by atoms with Gasteiger partial charge < -0.3 is 5.11 Å². The molecule has 1 aromatic rings. The predicted octanol–water partition coefficient (Wildman–Crippen LogP) is 2.90. The number of phenolic OH excluding ortho intramolecular Hbond substituents is 1. The van der Waals surface area contributed by atoms with Crippen LogP contribution in [0.15, 0.2) is 51.9 Å². The van der Waals surface area contributed by atoms with E-state index in [2.05, 4.69) is 16.0 Å². The van der Waals surface area contributed by atoms with Crippen LogP contribution in [0.1, 0.15) is 12.5 Å². The van der Waals surface area contributed by atoms with Gasteiger partial charge in [0.05, 0.1) is 5.04 Å². The number of likely N-dealkylation sites (N-methyl/N-ethyl adjacent to an activating group) is 1. The monoisotopic (exact) mass is 315 g/mol. The Morgan fingerprint density at radius 3 is 2.55 bits per heavy atom. The normalized spacial score (nSPS) is 18.0. The SMILES string of the molecule is C=C1C=C(c2ccc(O)cc2)C(=O)N(C)C1=NSC(C)=NC. The first-order chi connectivity index (χ1) is 10.4. The van der Waals surface area contributed by atoms with Gasteiger partial charge in [-0.25, -0.2) is 0 Å². The third-order valence-electron chi connectivity index (χ3n) is 3.22. The van der Waals surface area contributed by atoms with E-state index in [9.17, 15) is 9.90 Å². The minimum Gasteiger partial charge on any atom is -0.508 e. The molecule has 1 amide bonds. The van der Waals surface area contributed by atoms with Gasteiger partial charge in [0.25, 0.3) is 5.91 Å². The van der Waals surface area contributed by atoms with Gasteiger partial charge in [-0.1, -0.05) is 18.7 Å². The fraction of sp³-hybridized carbons (Fsp3) is 0.188. The fourth-order valence-electron chi connectivity index (χ4n) is 1.91. The molecule has 0 radical (unpaired) electrons. The molecule has 0 saturated carbocycles. The van der Waals surface area contributed by atoms with E-state index >= 15 is 0 Å². The number of hydrogen-bond donors (Lipinski definition) is 1. The zero-order valence-electron chi connectivity index (χ0n) is 12.7. The van der Waals surface area contributed by atoms with Gasteiger partial charge in [-0.2, -0.15) is 4.40 Å². The Kier molecular flexibility index (Phi) is 4.82. The van der Waals surface area contributed by atoms with Crippen molar-refractivity contribution in [1.29, 1.82) is 0 Å². The minimum absolute atomic E-state index is 0.160. The predicted molar refractivity (Wildman–Crippen MR) is 92.1 cm³/mol. The Hall–Kier alpha value is -2.34. The van der Waals surface area contributed by atoms with E-state index in [1.807, 2.05) is 6.92 Å². The Balaban J connectivity index is 2.36. The molecule has 0 atom stereocenters. The number of amides is 1. The molecule has 0 fully saturated rings. The summed E-state index contributed by atoms with van der Waals surface area (Å²) in [7, 11) is 3.36. The van der Waals surface area contributed by atoms with Crippen LogP contribution in [0.4, 0.5) is 0 Å². The highest BCUT2D eigenvalue weighted by molar-refractivity contribution is 8.12. The lowest BCUT2D eigenvalue weighted by Gasteiger charge is -2.26. The molecule has 0 aromatic heterocycles. The van der Waals surface area contributed by atoms with Crippen LogP contribution in [0.5, 0.6) is 5.75 Å². The summed E-state index contributed by atoms with van der Waals surface area (Å²) in [5.74, 6) is 0.511. The van der Waals surface area contributed by atoms with Gasteiger partial charge in [-0.3, -0.25) is 14.7 Å². The molecule has 22 heavy (non-hydrogen) atoms. The van der Waals surface area contributed by atoms with E-state index in [1.54, 1.807) is 44.4 Å². The number of carbonyl (C=O) groups is 1. The lowest BCUT2D eigenvalue weighted by Crippen LogP contribution is -2.37. The quantitative estimate of drug-likeness (QED) is 0.518. The third kappa shape index (κ3) is 3.28. The van der Waals surface area contributed by atoms with Gasteiger partial charge in [0.2, 0.25) is 0 Å². The second kappa shape index (κ2) is 6.62. The molecular formula is C16H17N3O2S. The van der Waals surface area contributed by atoms with Crippen LogP contribution >= 0.6 is 11.9 Å². The van der Waals surface area contributed by atoms with E-state index in [4.69, 9.17) is 0 Å². The third-order valence-corrected chi connectivity index (χ3v) is 3.93. The lowest BCUT2D eigenvalue weighted by molar-refractivity contribution is -0.120. The average molecular weight is 315 g/mol. The van der Waals surface area contributed by atoms with Crippen LogP contribution in [-0.2, 0) is 4.79 Å². The molecule has 0 aliphatic carbocycles. The minimum atomic E-state index is -0.163. The van der Waals surface area contributed by atoms with Gasteiger partial charge in [0.1, 0.15) is 11.6 Å². The summed E-state index contributed by atoms with van der Waals surface area (Å²) in [6, 6.07) is 6.50. The molecule has 0 spiro atoms. The van der Waals surface area contributed by atoms with Crippen LogP contribution < -0.4 is 0 Å². The molecule has 6 heteroatoms. The second-order valence-electron chi connectivity index (χ2n) is 4.74. The molecule has 2 rings (SSSR count). The summed E-state index contributed by atoms with van der Waals surface area (Å²) < 4.78 is 4.33. The first kappa shape index (κ1) is 16.0. The maximum Gasteiger partial charge on any atom is 0.259 e. The Bertz CT molecular complexity index is 703. The number of hydrogen-bond acceptors (Lipinski definition) is 5. The molecule has 0 unspecified atom stereocenters. The number of amidine groups is 1. The van der Waals surface area contributed by atoms with E-state index in [1.165, 1.54) is 16.8 Å². The standard InChI is InChI=1S/C16H17N3O2S/c1-10-9-14(12-5-7-13(20)8-6-12)16(21)19(4)15(10)18-22-11(2)17-3/h5-9,20H,1H2,2-4H3. The highest BCUT2D eigenvalue weighted by Crippen LogP contribution is 2.27. The molecule has 1 aliphatic rings. The number of benzene rings is 1. The zero-order chi connectivity index (χ0) is 16.3. The largest absolute Gasteiger partial charge is 0.508 e. The van der Waals surface area contributed by atoms with Crippen molar-refractivity contribution in [2.24, 2.45) is 9.39 Å². The van der Waals surface area contributed by atoms with Crippen molar-refractivity contribution < 1.29 is 9.90 Å². The van der Waals surface area contributed by atoms with Gasteiger partial charge in [-0.15, -0.1) is 0 Å². The van der Waals surface area contributed by atoms with Crippen molar-refractivity contribution in [1.82, 2.24) is 4.90 Å². The first-order valence-corrected chi connectivity index (χ1v) is 7.38. The van der Waals surface area contributed by atoms with E-state index in [0.717, 1.165) is 10.6 Å². The number of nitrogens with zero attached hydrogens (tertiary/aromatic N) is 3. The molecule has 1 heterocycles. The number of carbonyl (C=O) groups excluding carboxylic acids is 1. The molecule has 1 N–H and O–H groups in total. The highest BCUT2D eigenvalue weighted by Gasteiger charge is 2.27. The Morgan fingerprint density at radius 1 is 1.32 bits per heavy atom. The summed E-state index contributed by atoms with van der Waals surface area (Å²) >= 11 is 1.21. The van der Waals surface area contributed by atoms with Gasteiger partial charge in [0.15, 0.2) is 0 Å². The van der Waals surface area contributed by atoms with E-state index < -0.39 is 0 Å². The van der Waals surface area contributed by atoms with Crippen molar-refractivity contribution >= 4 is 34.3 Å². The topological polar surface area (TPSA) is 65.3 Å².